The summed E-state index contributed by atoms with van der Waals surface area (Å²) in [6.45, 7) is 0. The number of nitrogens with one attached hydrogen (secondary N) is 1. The molecule has 0 unspecified atom stereocenters. The largest absolute Gasteiger partial charge is 0.412 e. The molecule has 1 aromatic heterocycles. The number of nitrogens with zero attached hydrogens (tertiary/aromatic N) is 1. The minimum Gasteiger partial charge on any atom is -0.376 e. The van der Waals surface area contributed by atoms with E-state index in [4.69, 9.17) is 5.73 Å². The number of benzene rings is 2. The van der Waals surface area contributed by atoms with Crippen LogP contribution >= 0.6 is 11.8 Å². The monoisotopic (exact) mass is 321 g/mol. The first kappa shape index (κ1) is 14.3. The molecule has 2 aromatic carbocycles. The summed E-state index contributed by atoms with van der Waals surface area (Å²) in [5.41, 5.74) is 6.13. The van der Waals surface area contributed by atoms with Gasteiger partial charge in [-0.3, -0.25) is 0 Å². The van der Waals surface area contributed by atoms with E-state index in [1.807, 2.05) is 0 Å². The summed E-state index contributed by atoms with van der Waals surface area (Å²) in [6, 6.07) is 8.92. The van der Waals surface area contributed by atoms with Gasteiger partial charge in [-0.25, -0.2) is 13.6 Å². The summed E-state index contributed by atoms with van der Waals surface area (Å²) >= 11 is 1.26. The number of amides is 1. The lowest BCUT2D eigenvalue weighted by Gasteiger charge is -2.02. The molecule has 1 amide bonds. The van der Waals surface area contributed by atoms with Crippen LogP contribution in [0.25, 0.3) is 11.0 Å². The second-order valence-corrected chi connectivity index (χ2v) is 5.47. The topological polar surface area (TPSA) is 81.0 Å². The molecule has 1 heterocycles. The van der Waals surface area contributed by atoms with Gasteiger partial charge in [0.15, 0.2) is 11.6 Å². The number of imidazole rings is 1. The van der Waals surface area contributed by atoms with Gasteiger partial charge < -0.3 is 15.5 Å². The first-order valence-electron chi connectivity index (χ1n) is 6.11. The maximum atomic E-state index is 13.2. The van der Waals surface area contributed by atoms with Crippen molar-refractivity contribution in [2.24, 2.45) is 5.73 Å². The number of halogens is 2. The maximum absolute atomic E-state index is 13.2. The standard InChI is InChI=1S/C14H9F2N3O2S/c15-9-3-1-7(5-10(9)16)22-8-2-4-11-12(6-8)19-14(18-11)21-13(17)20/h1-6H,(H2,17,20)(H,18,19). The Balaban J connectivity index is 1.87. The molecule has 3 rings (SSSR count). The van der Waals surface area contributed by atoms with Crippen LogP contribution in [-0.4, -0.2) is 16.1 Å². The van der Waals surface area contributed by atoms with Crippen molar-refractivity contribution < 1.29 is 18.3 Å². The second kappa shape index (κ2) is 5.64. The van der Waals surface area contributed by atoms with Crippen molar-refractivity contribution >= 4 is 28.9 Å². The lowest BCUT2D eigenvalue weighted by Crippen LogP contribution is -2.16. The van der Waals surface area contributed by atoms with Gasteiger partial charge in [-0.05, 0) is 36.4 Å². The van der Waals surface area contributed by atoms with Crippen molar-refractivity contribution in [2.45, 2.75) is 9.79 Å². The highest BCUT2D eigenvalue weighted by Crippen LogP contribution is 2.31. The van der Waals surface area contributed by atoms with Crippen molar-refractivity contribution in [3.05, 3.63) is 48.0 Å². The molecule has 5 nitrogen and oxygen atoms in total. The Morgan fingerprint density at radius 3 is 2.59 bits per heavy atom. The van der Waals surface area contributed by atoms with E-state index in [0.29, 0.717) is 15.9 Å². The van der Waals surface area contributed by atoms with E-state index < -0.39 is 17.7 Å². The van der Waals surface area contributed by atoms with E-state index in [0.717, 1.165) is 17.0 Å². The number of hydrogen-bond donors (Lipinski definition) is 2. The van der Waals surface area contributed by atoms with Gasteiger partial charge in [-0.1, -0.05) is 11.8 Å². The number of aromatic amines is 1. The van der Waals surface area contributed by atoms with Crippen molar-refractivity contribution in [3.8, 4) is 6.01 Å². The summed E-state index contributed by atoms with van der Waals surface area (Å²) < 4.78 is 30.8. The number of rotatable bonds is 3. The molecule has 8 heteroatoms. The highest BCUT2D eigenvalue weighted by Gasteiger charge is 2.09. The number of ether oxygens (including phenoxy) is 1. The fourth-order valence-electron chi connectivity index (χ4n) is 1.85. The minimum absolute atomic E-state index is 0.00234. The zero-order valence-electron chi connectivity index (χ0n) is 11.0. The molecule has 3 N–H and O–H groups in total. The van der Waals surface area contributed by atoms with Gasteiger partial charge >= 0.3 is 12.1 Å². The molecule has 22 heavy (non-hydrogen) atoms. The Morgan fingerprint density at radius 2 is 1.86 bits per heavy atom. The van der Waals surface area contributed by atoms with Crippen LogP contribution in [0.1, 0.15) is 0 Å². The highest BCUT2D eigenvalue weighted by atomic mass is 32.2. The van der Waals surface area contributed by atoms with E-state index in [-0.39, 0.29) is 6.01 Å². The predicted molar refractivity (Wildman–Crippen MR) is 76.8 cm³/mol. The molecule has 0 saturated heterocycles. The zero-order chi connectivity index (χ0) is 15.7. The summed E-state index contributed by atoms with van der Waals surface area (Å²) in [5, 5.41) is 0. The van der Waals surface area contributed by atoms with Gasteiger partial charge in [0.05, 0.1) is 11.0 Å². The van der Waals surface area contributed by atoms with E-state index >= 15 is 0 Å². The van der Waals surface area contributed by atoms with Crippen LogP contribution in [0.5, 0.6) is 6.01 Å². The lowest BCUT2D eigenvalue weighted by molar-refractivity contribution is 0.207. The molecule has 0 fully saturated rings. The molecule has 0 aliphatic rings. The van der Waals surface area contributed by atoms with Crippen LogP contribution in [0.3, 0.4) is 0 Å². The number of H-pyrrole nitrogens is 1. The molecule has 0 aliphatic heterocycles. The number of carbonyl (C=O) groups is 1. The summed E-state index contributed by atoms with van der Waals surface area (Å²) in [5.74, 6) is -1.79. The number of fused-ring (bicyclic) bond motifs is 1. The zero-order valence-corrected chi connectivity index (χ0v) is 11.8. The molecule has 0 bridgehead atoms. The quantitative estimate of drug-likeness (QED) is 0.774. The average molecular weight is 321 g/mol. The van der Waals surface area contributed by atoms with Crippen LogP contribution in [0, 0.1) is 11.6 Å². The molecule has 0 spiro atoms. The van der Waals surface area contributed by atoms with Gasteiger partial charge in [-0.2, -0.15) is 4.98 Å². The third-order valence-corrected chi connectivity index (χ3v) is 3.74. The summed E-state index contributed by atoms with van der Waals surface area (Å²) in [4.78, 5) is 18.9. The normalized spacial score (nSPS) is 10.8. The molecule has 0 aliphatic carbocycles. The van der Waals surface area contributed by atoms with Crippen LogP contribution < -0.4 is 10.5 Å². The number of hydrogen-bond acceptors (Lipinski definition) is 4. The van der Waals surface area contributed by atoms with Crippen molar-refractivity contribution in [1.82, 2.24) is 9.97 Å². The smallest absolute Gasteiger partial charge is 0.376 e. The molecule has 3 aromatic rings. The molecular formula is C14H9F2N3O2S. The molecule has 0 radical (unpaired) electrons. The SMILES string of the molecule is NC(=O)Oc1nc2cc(Sc3ccc(F)c(F)c3)ccc2[nH]1. The highest BCUT2D eigenvalue weighted by molar-refractivity contribution is 7.99. The van der Waals surface area contributed by atoms with Gasteiger partial charge in [-0.15, -0.1) is 0 Å². The molecule has 0 atom stereocenters. The maximum Gasteiger partial charge on any atom is 0.412 e. The van der Waals surface area contributed by atoms with Crippen LogP contribution in [0.2, 0.25) is 0 Å². The molecular weight excluding hydrogens is 312 g/mol. The summed E-state index contributed by atoms with van der Waals surface area (Å²) in [6.07, 6.45) is -0.963. The predicted octanol–water partition coefficient (Wildman–Crippen LogP) is 3.45. The van der Waals surface area contributed by atoms with Gasteiger partial charge in [0.25, 0.3) is 0 Å². The number of carbonyl (C=O) groups excluding carboxylic acids is 1. The van der Waals surface area contributed by atoms with E-state index in [9.17, 15) is 13.6 Å². The van der Waals surface area contributed by atoms with Crippen LogP contribution in [-0.2, 0) is 0 Å². The lowest BCUT2D eigenvalue weighted by atomic mass is 10.3. The fraction of sp³-hybridized carbons (Fsp3) is 0. The Labute approximate surface area is 127 Å². The molecule has 0 saturated carbocycles. The number of aromatic nitrogens is 2. The van der Waals surface area contributed by atoms with E-state index in [1.165, 1.54) is 17.8 Å². The average Bonchev–Trinajstić information content (AvgIpc) is 2.83. The third kappa shape index (κ3) is 3.01. The Bertz CT molecular complexity index is 866. The van der Waals surface area contributed by atoms with Gasteiger partial charge in [0, 0.05) is 9.79 Å². The van der Waals surface area contributed by atoms with E-state index in [1.54, 1.807) is 18.2 Å². The fourth-order valence-corrected chi connectivity index (χ4v) is 2.72. The number of nitrogens with two attached hydrogens (primary N) is 1. The second-order valence-electron chi connectivity index (χ2n) is 4.32. The number of primary amides is 1. The minimum atomic E-state index is -0.963. The van der Waals surface area contributed by atoms with Crippen LogP contribution in [0.15, 0.2) is 46.2 Å². The Kier molecular flexibility index (Phi) is 3.68. The van der Waals surface area contributed by atoms with Gasteiger partial charge in [0.1, 0.15) is 0 Å². The Morgan fingerprint density at radius 1 is 1.14 bits per heavy atom. The Hall–Kier alpha value is -2.61. The first-order valence-corrected chi connectivity index (χ1v) is 6.93. The van der Waals surface area contributed by atoms with Gasteiger partial charge in [0.2, 0.25) is 0 Å². The van der Waals surface area contributed by atoms with Crippen molar-refractivity contribution in [3.63, 3.8) is 0 Å². The van der Waals surface area contributed by atoms with E-state index in [2.05, 4.69) is 14.7 Å². The van der Waals surface area contributed by atoms with Crippen LogP contribution in [0.4, 0.5) is 13.6 Å². The van der Waals surface area contributed by atoms with Crippen molar-refractivity contribution in [2.75, 3.05) is 0 Å². The third-order valence-electron chi connectivity index (χ3n) is 2.76. The summed E-state index contributed by atoms with van der Waals surface area (Å²) in [7, 11) is 0. The van der Waals surface area contributed by atoms with Crippen molar-refractivity contribution in [1.29, 1.82) is 0 Å². The first-order chi connectivity index (χ1) is 10.5. The molecule has 112 valence electrons.